The van der Waals surface area contributed by atoms with Gasteiger partial charge in [0.1, 0.15) is 5.75 Å². The Morgan fingerprint density at radius 3 is 2.62 bits per heavy atom. The van der Waals surface area contributed by atoms with E-state index in [1.165, 1.54) is 37.4 Å². The minimum Gasteiger partial charge on any atom is -0.497 e. The Morgan fingerprint density at radius 2 is 2.08 bits per heavy atom. The van der Waals surface area contributed by atoms with Crippen LogP contribution in [0, 0.1) is 11.3 Å². The number of allylic oxidation sites excluding steroid dienone is 1. The number of halogens is 3. The van der Waals surface area contributed by atoms with Crippen LogP contribution < -0.4 is 15.4 Å². The normalized spacial score (nSPS) is 20.4. The highest BCUT2D eigenvalue weighted by molar-refractivity contribution is 6.04. The van der Waals surface area contributed by atoms with E-state index in [1.807, 2.05) is 5.32 Å². The van der Waals surface area contributed by atoms with E-state index in [-0.39, 0.29) is 17.0 Å². The molecular formula is C15H12F3N3O3. The summed E-state index contributed by atoms with van der Waals surface area (Å²) in [6.07, 6.45) is -5.20. The number of ether oxygens (including phenoxy) is 1. The molecule has 126 valence electrons. The third kappa shape index (κ3) is 2.56. The lowest BCUT2D eigenvalue weighted by molar-refractivity contribution is -0.184. The zero-order valence-electron chi connectivity index (χ0n) is 12.6. The van der Waals surface area contributed by atoms with Gasteiger partial charge in [0.25, 0.3) is 17.4 Å². The standard InChI is InChI=1S/C15H12F3N3O3/c1-8-11(7-19)14(13(23)20-8,15(16,17)18)21-12(22)9-4-3-5-10(6-9)24-2/h3-6H,1-2H3,(H,20,23)(H,21,22). The van der Waals surface area contributed by atoms with Gasteiger partial charge >= 0.3 is 6.18 Å². The Hall–Kier alpha value is -3.02. The molecule has 6 nitrogen and oxygen atoms in total. The molecule has 1 aromatic carbocycles. The molecule has 0 saturated carbocycles. The van der Waals surface area contributed by atoms with E-state index in [9.17, 15) is 22.8 Å². The molecule has 2 amide bonds. The molecule has 9 heteroatoms. The van der Waals surface area contributed by atoms with Crippen molar-refractivity contribution in [1.82, 2.24) is 10.6 Å². The highest BCUT2D eigenvalue weighted by Crippen LogP contribution is 2.40. The number of carbonyl (C=O) groups excluding carboxylic acids is 2. The highest BCUT2D eigenvalue weighted by atomic mass is 19.4. The molecule has 2 N–H and O–H groups in total. The molecule has 0 aliphatic carbocycles. The van der Waals surface area contributed by atoms with Crippen LogP contribution in [0.1, 0.15) is 17.3 Å². The molecule has 1 aromatic rings. The second kappa shape index (κ2) is 5.88. The molecule has 1 atom stereocenters. The Morgan fingerprint density at radius 1 is 1.42 bits per heavy atom. The predicted octanol–water partition coefficient (Wildman–Crippen LogP) is 1.65. The first kappa shape index (κ1) is 17.3. The lowest BCUT2D eigenvalue weighted by Crippen LogP contribution is -2.64. The van der Waals surface area contributed by atoms with Crippen molar-refractivity contribution in [2.75, 3.05) is 7.11 Å². The number of nitriles is 1. The number of hydrogen-bond acceptors (Lipinski definition) is 4. The molecule has 0 radical (unpaired) electrons. The number of carbonyl (C=O) groups is 2. The molecule has 2 rings (SSSR count). The van der Waals surface area contributed by atoms with Crippen molar-refractivity contribution in [3.63, 3.8) is 0 Å². The van der Waals surface area contributed by atoms with Crippen LogP contribution in [0.25, 0.3) is 0 Å². The number of hydrogen-bond donors (Lipinski definition) is 2. The van der Waals surface area contributed by atoms with E-state index in [1.54, 1.807) is 5.32 Å². The quantitative estimate of drug-likeness (QED) is 0.876. The molecule has 0 aromatic heterocycles. The van der Waals surface area contributed by atoms with Gasteiger partial charge in [-0.05, 0) is 25.1 Å². The van der Waals surface area contributed by atoms with E-state index in [0.717, 1.165) is 6.92 Å². The van der Waals surface area contributed by atoms with Crippen LogP contribution in [0.4, 0.5) is 13.2 Å². The summed E-state index contributed by atoms with van der Waals surface area (Å²) in [5.41, 5.74) is -4.72. The molecule has 1 heterocycles. The van der Waals surface area contributed by atoms with E-state index in [2.05, 4.69) is 0 Å². The maximum atomic E-state index is 13.6. The van der Waals surface area contributed by atoms with Gasteiger partial charge in [0.05, 0.1) is 18.8 Å². The zero-order valence-corrected chi connectivity index (χ0v) is 12.6. The van der Waals surface area contributed by atoms with Gasteiger partial charge in [-0.15, -0.1) is 0 Å². The number of alkyl halides is 3. The van der Waals surface area contributed by atoms with Crippen LogP contribution in [-0.4, -0.2) is 30.6 Å². The van der Waals surface area contributed by atoms with Crippen LogP contribution in [0.5, 0.6) is 5.75 Å². The average Bonchev–Trinajstić information content (AvgIpc) is 2.77. The molecular weight excluding hydrogens is 327 g/mol. The van der Waals surface area contributed by atoms with Gasteiger partial charge in [0.15, 0.2) is 0 Å². The first-order valence-electron chi connectivity index (χ1n) is 6.63. The van der Waals surface area contributed by atoms with Gasteiger partial charge in [-0.3, -0.25) is 9.59 Å². The molecule has 0 spiro atoms. The third-order valence-electron chi connectivity index (χ3n) is 3.56. The van der Waals surface area contributed by atoms with Gasteiger partial charge in [0, 0.05) is 11.3 Å². The summed E-state index contributed by atoms with van der Waals surface area (Å²) >= 11 is 0. The number of nitrogens with one attached hydrogen (secondary N) is 2. The minimum atomic E-state index is -5.20. The van der Waals surface area contributed by atoms with Crippen molar-refractivity contribution in [3.8, 4) is 11.8 Å². The first-order chi connectivity index (χ1) is 11.2. The summed E-state index contributed by atoms with van der Waals surface area (Å²) in [7, 11) is 1.33. The van der Waals surface area contributed by atoms with Crippen molar-refractivity contribution >= 4 is 11.8 Å². The largest absolute Gasteiger partial charge is 0.497 e. The second-order valence-electron chi connectivity index (χ2n) is 5.00. The van der Waals surface area contributed by atoms with Crippen LogP contribution in [0.2, 0.25) is 0 Å². The van der Waals surface area contributed by atoms with Crippen molar-refractivity contribution < 1.29 is 27.5 Å². The van der Waals surface area contributed by atoms with Crippen LogP contribution in [0.3, 0.4) is 0 Å². The Kier molecular flexibility index (Phi) is 4.25. The summed E-state index contributed by atoms with van der Waals surface area (Å²) in [4.78, 5) is 24.2. The van der Waals surface area contributed by atoms with Crippen molar-refractivity contribution in [2.45, 2.75) is 18.6 Å². The van der Waals surface area contributed by atoms with Crippen molar-refractivity contribution in [2.24, 2.45) is 0 Å². The van der Waals surface area contributed by atoms with E-state index < -0.39 is 29.1 Å². The zero-order chi connectivity index (χ0) is 18.1. The fourth-order valence-electron chi connectivity index (χ4n) is 2.36. The number of rotatable bonds is 3. The van der Waals surface area contributed by atoms with Crippen LogP contribution >= 0.6 is 0 Å². The van der Waals surface area contributed by atoms with E-state index in [0.29, 0.717) is 0 Å². The fourth-order valence-corrected chi connectivity index (χ4v) is 2.36. The molecule has 0 fully saturated rings. The summed E-state index contributed by atoms with van der Waals surface area (Å²) in [5, 5.41) is 12.7. The predicted molar refractivity (Wildman–Crippen MR) is 75.7 cm³/mol. The Bertz CT molecular complexity index is 780. The van der Waals surface area contributed by atoms with Gasteiger partial charge in [-0.2, -0.15) is 18.4 Å². The fraction of sp³-hybridized carbons (Fsp3) is 0.267. The number of benzene rings is 1. The molecule has 1 aliphatic heterocycles. The lowest BCUT2D eigenvalue weighted by Gasteiger charge is -2.30. The monoisotopic (exact) mass is 339 g/mol. The SMILES string of the molecule is COc1cccc(C(=O)NC2(C(F)(F)F)C(=O)NC(C)=C2C#N)c1. The average molecular weight is 339 g/mol. The number of nitrogens with zero attached hydrogens (tertiary/aromatic N) is 1. The van der Waals surface area contributed by atoms with E-state index in [4.69, 9.17) is 10.00 Å². The van der Waals surface area contributed by atoms with Gasteiger partial charge in [0.2, 0.25) is 0 Å². The van der Waals surface area contributed by atoms with Crippen molar-refractivity contribution in [1.29, 1.82) is 5.26 Å². The van der Waals surface area contributed by atoms with Gasteiger partial charge in [-0.25, -0.2) is 0 Å². The Labute approximate surface area is 134 Å². The molecule has 0 saturated heterocycles. The summed E-state index contributed by atoms with van der Waals surface area (Å²) in [6, 6.07) is 6.75. The van der Waals surface area contributed by atoms with Crippen molar-refractivity contribution in [3.05, 3.63) is 41.1 Å². The molecule has 1 unspecified atom stereocenters. The number of amides is 2. The minimum absolute atomic E-state index is 0.146. The summed E-state index contributed by atoms with van der Waals surface area (Å²) < 4.78 is 45.7. The molecule has 0 bridgehead atoms. The second-order valence-corrected chi connectivity index (χ2v) is 5.00. The first-order valence-corrected chi connectivity index (χ1v) is 6.63. The highest BCUT2D eigenvalue weighted by Gasteiger charge is 2.67. The van der Waals surface area contributed by atoms with Gasteiger partial charge in [-0.1, -0.05) is 6.07 Å². The number of methoxy groups -OCH3 is 1. The summed E-state index contributed by atoms with van der Waals surface area (Å²) in [5.74, 6) is -2.43. The summed E-state index contributed by atoms with van der Waals surface area (Å²) in [6.45, 7) is 1.15. The van der Waals surface area contributed by atoms with E-state index >= 15 is 0 Å². The third-order valence-corrected chi connectivity index (χ3v) is 3.56. The van der Waals surface area contributed by atoms with Crippen LogP contribution in [-0.2, 0) is 4.79 Å². The van der Waals surface area contributed by atoms with Crippen LogP contribution in [0.15, 0.2) is 35.5 Å². The molecule has 24 heavy (non-hydrogen) atoms. The molecule has 1 aliphatic rings. The maximum absolute atomic E-state index is 13.6. The van der Waals surface area contributed by atoms with Gasteiger partial charge < -0.3 is 15.4 Å². The smallest absolute Gasteiger partial charge is 0.425 e. The lowest BCUT2D eigenvalue weighted by atomic mass is 9.90. The Balaban J connectivity index is 2.50. The topological polar surface area (TPSA) is 91.2 Å². The maximum Gasteiger partial charge on any atom is 0.425 e.